The van der Waals surface area contributed by atoms with Crippen molar-refractivity contribution in [1.82, 2.24) is 10.2 Å². The van der Waals surface area contributed by atoms with Crippen molar-refractivity contribution in [2.45, 2.75) is 25.8 Å². The SMILES string of the molecule is CC1(C)COC(c2ccc(OCCCN3CCNCC3)cc2)=N1. The van der Waals surface area contributed by atoms with Crippen molar-refractivity contribution in [3.8, 4) is 5.75 Å². The zero-order chi connectivity index (χ0) is 16.1. The van der Waals surface area contributed by atoms with E-state index in [0.717, 1.165) is 63.0 Å². The molecule has 5 nitrogen and oxygen atoms in total. The van der Waals surface area contributed by atoms with Crippen LogP contribution in [0.1, 0.15) is 25.8 Å². The number of hydrogen-bond donors (Lipinski definition) is 1. The van der Waals surface area contributed by atoms with Gasteiger partial charge >= 0.3 is 0 Å². The van der Waals surface area contributed by atoms with Crippen molar-refractivity contribution in [2.75, 3.05) is 45.9 Å². The van der Waals surface area contributed by atoms with Crippen LogP contribution in [-0.4, -0.2) is 62.3 Å². The molecule has 0 amide bonds. The van der Waals surface area contributed by atoms with Crippen LogP contribution in [0.15, 0.2) is 29.3 Å². The summed E-state index contributed by atoms with van der Waals surface area (Å²) in [6.07, 6.45) is 1.06. The average Bonchev–Trinajstić information content (AvgIpc) is 2.93. The van der Waals surface area contributed by atoms with Gasteiger partial charge in [-0.25, -0.2) is 4.99 Å². The van der Waals surface area contributed by atoms with Crippen LogP contribution in [0.5, 0.6) is 5.75 Å². The summed E-state index contributed by atoms with van der Waals surface area (Å²) in [5.74, 6) is 1.65. The monoisotopic (exact) mass is 317 g/mol. The van der Waals surface area contributed by atoms with Gasteiger partial charge in [-0.15, -0.1) is 0 Å². The Labute approximate surface area is 138 Å². The molecular formula is C18H27N3O2. The second kappa shape index (κ2) is 7.32. The fourth-order valence-electron chi connectivity index (χ4n) is 2.84. The summed E-state index contributed by atoms with van der Waals surface area (Å²) >= 11 is 0. The lowest BCUT2D eigenvalue weighted by atomic mass is 10.1. The molecule has 23 heavy (non-hydrogen) atoms. The average molecular weight is 317 g/mol. The van der Waals surface area contributed by atoms with Gasteiger partial charge in [0.2, 0.25) is 5.90 Å². The van der Waals surface area contributed by atoms with Gasteiger partial charge in [0.05, 0.1) is 12.1 Å². The zero-order valence-electron chi connectivity index (χ0n) is 14.2. The van der Waals surface area contributed by atoms with Gasteiger partial charge in [-0.05, 0) is 44.5 Å². The Morgan fingerprint density at radius 2 is 1.96 bits per heavy atom. The van der Waals surface area contributed by atoms with Crippen LogP contribution in [0.4, 0.5) is 0 Å². The largest absolute Gasteiger partial charge is 0.494 e. The first kappa shape index (κ1) is 16.3. The first-order valence-corrected chi connectivity index (χ1v) is 8.51. The van der Waals surface area contributed by atoms with E-state index in [4.69, 9.17) is 9.47 Å². The third-order valence-electron chi connectivity index (χ3n) is 4.16. The number of benzene rings is 1. The lowest BCUT2D eigenvalue weighted by molar-refractivity contribution is 0.214. The second-order valence-corrected chi connectivity index (χ2v) is 6.84. The molecule has 0 bridgehead atoms. The van der Waals surface area contributed by atoms with Gasteiger partial charge in [0, 0.05) is 38.3 Å². The van der Waals surface area contributed by atoms with E-state index in [-0.39, 0.29) is 5.54 Å². The molecule has 0 aromatic heterocycles. The highest BCUT2D eigenvalue weighted by Crippen LogP contribution is 2.22. The van der Waals surface area contributed by atoms with Gasteiger partial charge in [0.25, 0.3) is 0 Å². The maximum Gasteiger partial charge on any atom is 0.216 e. The molecule has 1 aromatic rings. The topological polar surface area (TPSA) is 46.1 Å². The van der Waals surface area contributed by atoms with Crippen LogP contribution in [0, 0.1) is 0 Å². The van der Waals surface area contributed by atoms with Gasteiger partial charge in [-0.3, -0.25) is 0 Å². The predicted octanol–water partition coefficient (Wildman–Crippen LogP) is 1.92. The summed E-state index contributed by atoms with van der Waals surface area (Å²) in [5, 5.41) is 3.37. The van der Waals surface area contributed by atoms with E-state index in [1.165, 1.54) is 0 Å². The summed E-state index contributed by atoms with van der Waals surface area (Å²) < 4.78 is 11.5. The summed E-state index contributed by atoms with van der Waals surface area (Å²) in [7, 11) is 0. The smallest absolute Gasteiger partial charge is 0.216 e. The third-order valence-corrected chi connectivity index (χ3v) is 4.16. The molecular weight excluding hydrogens is 290 g/mol. The first-order valence-electron chi connectivity index (χ1n) is 8.51. The number of piperazine rings is 1. The van der Waals surface area contributed by atoms with E-state index in [0.29, 0.717) is 6.61 Å². The number of nitrogens with zero attached hydrogens (tertiary/aromatic N) is 2. The summed E-state index contributed by atoms with van der Waals surface area (Å²) in [4.78, 5) is 7.08. The Bertz CT molecular complexity index is 534. The minimum Gasteiger partial charge on any atom is -0.494 e. The standard InChI is InChI=1S/C18H27N3O2/c1-18(2)14-23-17(20-18)15-4-6-16(7-5-15)22-13-3-10-21-11-8-19-9-12-21/h4-7,19H,3,8-14H2,1-2H3. The molecule has 2 heterocycles. The number of nitrogens with one attached hydrogen (secondary N) is 1. The fourth-order valence-corrected chi connectivity index (χ4v) is 2.84. The zero-order valence-corrected chi connectivity index (χ0v) is 14.2. The van der Waals surface area contributed by atoms with E-state index in [1.54, 1.807) is 0 Å². The molecule has 1 N–H and O–H groups in total. The second-order valence-electron chi connectivity index (χ2n) is 6.84. The molecule has 0 unspecified atom stereocenters. The highest BCUT2D eigenvalue weighted by molar-refractivity contribution is 5.95. The van der Waals surface area contributed by atoms with Crippen LogP contribution in [-0.2, 0) is 4.74 Å². The Morgan fingerprint density at radius 3 is 2.61 bits per heavy atom. The number of aliphatic imine (C=N–C) groups is 1. The van der Waals surface area contributed by atoms with Crippen LogP contribution in [0.25, 0.3) is 0 Å². The van der Waals surface area contributed by atoms with Gasteiger partial charge in [-0.1, -0.05) is 0 Å². The molecule has 1 aromatic carbocycles. The quantitative estimate of drug-likeness (QED) is 0.814. The summed E-state index contributed by atoms with van der Waals surface area (Å²) in [6, 6.07) is 8.03. The highest BCUT2D eigenvalue weighted by Gasteiger charge is 2.26. The maximum atomic E-state index is 5.83. The van der Waals surface area contributed by atoms with Crippen molar-refractivity contribution < 1.29 is 9.47 Å². The summed E-state index contributed by atoms with van der Waals surface area (Å²) in [6.45, 7) is 11.2. The molecule has 1 saturated heterocycles. The van der Waals surface area contributed by atoms with Gasteiger partial charge < -0.3 is 19.7 Å². The highest BCUT2D eigenvalue weighted by atomic mass is 16.5. The minimum atomic E-state index is -0.117. The Hall–Kier alpha value is -1.59. The molecule has 0 aliphatic carbocycles. The number of hydrogen-bond acceptors (Lipinski definition) is 5. The van der Waals surface area contributed by atoms with Crippen molar-refractivity contribution in [1.29, 1.82) is 0 Å². The molecule has 5 heteroatoms. The molecule has 0 radical (unpaired) electrons. The van der Waals surface area contributed by atoms with Crippen LogP contribution < -0.4 is 10.1 Å². The van der Waals surface area contributed by atoms with Crippen LogP contribution in [0.2, 0.25) is 0 Å². The van der Waals surface area contributed by atoms with Gasteiger partial charge in [0.15, 0.2) is 0 Å². The fraction of sp³-hybridized carbons (Fsp3) is 0.611. The third kappa shape index (κ3) is 4.69. The molecule has 2 aliphatic rings. The molecule has 1 fully saturated rings. The minimum absolute atomic E-state index is 0.117. The Kier molecular flexibility index (Phi) is 5.18. The molecule has 0 saturated carbocycles. The van der Waals surface area contributed by atoms with E-state index in [2.05, 4.69) is 29.1 Å². The predicted molar refractivity (Wildman–Crippen MR) is 92.4 cm³/mol. The molecule has 0 spiro atoms. The lowest BCUT2D eigenvalue weighted by Gasteiger charge is -2.26. The Balaban J connectivity index is 1.43. The van der Waals surface area contributed by atoms with Crippen LogP contribution in [0.3, 0.4) is 0 Å². The van der Waals surface area contributed by atoms with Crippen molar-refractivity contribution >= 4 is 5.90 Å². The summed E-state index contributed by atoms with van der Waals surface area (Å²) in [5.41, 5.74) is 0.901. The normalized spacial score (nSPS) is 20.9. The lowest BCUT2D eigenvalue weighted by Crippen LogP contribution is -2.43. The van der Waals surface area contributed by atoms with E-state index < -0.39 is 0 Å². The van der Waals surface area contributed by atoms with Gasteiger partial charge in [0.1, 0.15) is 12.4 Å². The molecule has 126 valence electrons. The number of ether oxygens (including phenoxy) is 2. The van der Waals surface area contributed by atoms with E-state index in [1.807, 2.05) is 24.3 Å². The van der Waals surface area contributed by atoms with Crippen molar-refractivity contribution in [3.05, 3.63) is 29.8 Å². The first-order chi connectivity index (χ1) is 11.1. The molecule has 2 aliphatic heterocycles. The van der Waals surface area contributed by atoms with Crippen molar-refractivity contribution in [3.63, 3.8) is 0 Å². The van der Waals surface area contributed by atoms with Crippen molar-refractivity contribution in [2.24, 2.45) is 4.99 Å². The van der Waals surface area contributed by atoms with E-state index >= 15 is 0 Å². The Morgan fingerprint density at radius 1 is 1.22 bits per heavy atom. The van der Waals surface area contributed by atoms with Crippen LogP contribution >= 0.6 is 0 Å². The van der Waals surface area contributed by atoms with Gasteiger partial charge in [-0.2, -0.15) is 0 Å². The number of rotatable bonds is 6. The van der Waals surface area contributed by atoms with E-state index in [9.17, 15) is 0 Å². The molecule has 0 atom stereocenters. The maximum absolute atomic E-state index is 5.83. The molecule has 3 rings (SSSR count).